The molecule has 0 aliphatic carbocycles. The molecule has 14 heteroatoms. The molecule has 5 rings (SSSR count). The van der Waals surface area contributed by atoms with Gasteiger partial charge < -0.3 is 21.1 Å². The van der Waals surface area contributed by atoms with E-state index in [-0.39, 0.29) is 48.1 Å². The third-order valence-corrected chi connectivity index (χ3v) is 7.82. The summed E-state index contributed by atoms with van der Waals surface area (Å²) in [6.07, 6.45) is 2.00. The zero-order valence-corrected chi connectivity index (χ0v) is 26.7. The highest BCUT2D eigenvalue weighted by Gasteiger charge is 2.29. The minimum absolute atomic E-state index is 0. The average molecular weight is 704 g/mol. The second-order valence-corrected chi connectivity index (χ2v) is 11.8. The standard InChI is InChI=1S/C33H26ClF3N4O4S.ClH/c34-23-9-14-29-27(16-23)28(19-41(29)31(44)26-4-2-1-3-22(26)17-38-18-30(42)43)40-32(45)39-24-10-5-20(6-11-24)15-21-7-12-25(13-8-21)46-33(35,36)37;/h1-14,16,19,38H,15,17-18H2,(H,42,43)(H2,39,40,45);1H. The summed E-state index contributed by atoms with van der Waals surface area (Å²) in [5.74, 6) is -1.39. The van der Waals surface area contributed by atoms with E-state index >= 15 is 0 Å². The van der Waals surface area contributed by atoms with Crippen LogP contribution in [0, 0.1) is 0 Å². The van der Waals surface area contributed by atoms with Crippen molar-refractivity contribution >= 4 is 76.0 Å². The largest absolute Gasteiger partial charge is 0.480 e. The minimum atomic E-state index is -4.34. The first kappa shape index (κ1) is 35.4. The Kier molecular flexibility index (Phi) is 11.6. The fourth-order valence-corrected chi connectivity index (χ4v) is 5.53. The van der Waals surface area contributed by atoms with Crippen LogP contribution in [-0.4, -0.2) is 39.6 Å². The predicted octanol–water partition coefficient (Wildman–Crippen LogP) is 8.43. The summed E-state index contributed by atoms with van der Waals surface area (Å²) >= 11 is 6.09. The van der Waals surface area contributed by atoms with E-state index in [1.807, 2.05) is 0 Å². The van der Waals surface area contributed by atoms with Crippen LogP contribution in [0.5, 0.6) is 0 Å². The molecule has 0 atom stereocenters. The molecule has 0 saturated carbocycles. The Morgan fingerprint density at radius 2 is 1.53 bits per heavy atom. The Bertz CT molecular complexity index is 1900. The molecule has 0 radical (unpaired) electrons. The van der Waals surface area contributed by atoms with E-state index in [2.05, 4.69) is 16.0 Å². The second kappa shape index (κ2) is 15.4. The number of aliphatic carboxylic acids is 1. The van der Waals surface area contributed by atoms with Crippen LogP contribution in [0.15, 0.2) is 102 Å². The van der Waals surface area contributed by atoms with Crippen LogP contribution in [0.25, 0.3) is 10.9 Å². The van der Waals surface area contributed by atoms with Gasteiger partial charge in [-0.05, 0) is 83.4 Å². The molecule has 244 valence electrons. The van der Waals surface area contributed by atoms with Crippen molar-refractivity contribution in [2.24, 2.45) is 0 Å². The number of carbonyl (C=O) groups is 3. The summed E-state index contributed by atoms with van der Waals surface area (Å²) in [5.41, 5.74) is -0.281. The van der Waals surface area contributed by atoms with Gasteiger partial charge in [0.05, 0.1) is 17.7 Å². The second-order valence-electron chi connectivity index (χ2n) is 10.2. The third kappa shape index (κ3) is 9.52. The Balaban J connectivity index is 0.00000500. The van der Waals surface area contributed by atoms with E-state index < -0.39 is 17.5 Å². The molecule has 0 aliphatic rings. The molecule has 8 nitrogen and oxygen atoms in total. The first-order chi connectivity index (χ1) is 21.9. The van der Waals surface area contributed by atoms with Gasteiger partial charge in [0, 0.05) is 39.3 Å². The summed E-state index contributed by atoms with van der Waals surface area (Å²) in [7, 11) is 0. The van der Waals surface area contributed by atoms with Crippen molar-refractivity contribution in [3.05, 3.63) is 124 Å². The highest BCUT2D eigenvalue weighted by molar-refractivity contribution is 8.00. The first-order valence-corrected chi connectivity index (χ1v) is 15.0. The summed E-state index contributed by atoms with van der Waals surface area (Å²) in [6, 6.07) is 24.4. The van der Waals surface area contributed by atoms with Gasteiger partial charge >= 0.3 is 17.5 Å². The maximum atomic E-state index is 13.7. The maximum absolute atomic E-state index is 13.7. The average Bonchev–Trinajstić information content (AvgIpc) is 3.35. The van der Waals surface area contributed by atoms with Crippen molar-refractivity contribution in [1.29, 1.82) is 0 Å². The minimum Gasteiger partial charge on any atom is -0.480 e. The van der Waals surface area contributed by atoms with Crippen molar-refractivity contribution < 1.29 is 32.7 Å². The predicted molar refractivity (Wildman–Crippen MR) is 180 cm³/mol. The number of anilines is 2. The van der Waals surface area contributed by atoms with Crippen molar-refractivity contribution in [1.82, 2.24) is 9.88 Å². The lowest BCUT2D eigenvalue weighted by Gasteiger charge is -2.10. The molecule has 0 spiro atoms. The van der Waals surface area contributed by atoms with Crippen LogP contribution in [0.2, 0.25) is 5.02 Å². The molecule has 1 heterocycles. The van der Waals surface area contributed by atoms with Crippen LogP contribution < -0.4 is 16.0 Å². The molecular weight excluding hydrogens is 676 g/mol. The molecular formula is C33H27Cl2F3N4O4S. The van der Waals surface area contributed by atoms with Crippen LogP contribution in [0.1, 0.15) is 27.0 Å². The summed E-state index contributed by atoms with van der Waals surface area (Å²) < 4.78 is 39.1. The van der Waals surface area contributed by atoms with Crippen LogP contribution in [0.3, 0.4) is 0 Å². The fraction of sp³-hybridized carbons (Fsp3) is 0.121. The summed E-state index contributed by atoms with van der Waals surface area (Å²) in [6.45, 7) is -0.0974. The highest BCUT2D eigenvalue weighted by Crippen LogP contribution is 2.37. The maximum Gasteiger partial charge on any atom is 0.446 e. The van der Waals surface area contributed by atoms with Gasteiger partial charge in [-0.1, -0.05) is 54.1 Å². The number of benzene rings is 4. The molecule has 0 fully saturated rings. The Morgan fingerprint density at radius 1 is 0.872 bits per heavy atom. The van der Waals surface area contributed by atoms with Gasteiger partial charge in [-0.15, -0.1) is 12.4 Å². The number of halogens is 5. The van der Waals surface area contributed by atoms with Crippen LogP contribution >= 0.6 is 35.8 Å². The number of alkyl halides is 3. The Hall–Kier alpha value is -4.49. The van der Waals surface area contributed by atoms with Crippen molar-refractivity contribution in [2.75, 3.05) is 17.2 Å². The molecule has 0 unspecified atom stereocenters. The van der Waals surface area contributed by atoms with E-state index in [1.54, 1.807) is 78.9 Å². The Morgan fingerprint density at radius 3 is 2.19 bits per heavy atom. The molecule has 4 N–H and O–H groups in total. The molecule has 2 amide bonds. The lowest BCUT2D eigenvalue weighted by Crippen LogP contribution is -2.23. The monoisotopic (exact) mass is 702 g/mol. The number of aromatic nitrogens is 1. The number of thioether (sulfide) groups is 1. The smallest absolute Gasteiger partial charge is 0.446 e. The van der Waals surface area contributed by atoms with E-state index in [4.69, 9.17) is 16.7 Å². The van der Waals surface area contributed by atoms with Crippen molar-refractivity contribution in [3.63, 3.8) is 0 Å². The number of nitrogens with zero attached hydrogens (tertiary/aromatic N) is 1. The SMILES string of the molecule is Cl.O=C(O)CNCc1ccccc1C(=O)n1cc(NC(=O)Nc2ccc(Cc3ccc(SC(F)(F)F)cc3)cc2)c2cc(Cl)ccc21. The molecule has 4 aromatic carbocycles. The van der Waals surface area contributed by atoms with Crippen molar-refractivity contribution in [2.45, 2.75) is 23.4 Å². The number of carboxylic acids is 1. The third-order valence-electron chi connectivity index (χ3n) is 6.85. The number of urea groups is 1. The highest BCUT2D eigenvalue weighted by atomic mass is 35.5. The molecule has 47 heavy (non-hydrogen) atoms. The number of carbonyl (C=O) groups excluding carboxylic acids is 2. The zero-order valence-electron chi connectivity index (χ0n) is 24.3. The van der Waals surface area contributed by atoms with Gasteiger partial charge in [-0.3, -0.25) is 14.2 Å². The number of carboxylic acid groups (broad SMARTS) is 1. The lowest BCUT2D eigenvalue weighted by molar-refractivity contribution is -0.136. The van der Waals surface area contributed by atoms with Crippen LogP contribution in [0.4, 0.5) is 29.3 Å². The number of amides is 2. The number of rotatable bonds is 10. The van der Waals surface area contributed by atoms with E-state index in [1.165, 1.54) is 22.9 Å². The normalized spacial score (nSPS) is 11.1. The Labute approximate surface area is 282 Å². The fourth-order valence-electron chi connectivity index (χ4n) is 4.82. The van der Waals surface area contributed by atoms with Gasteiger partial charge in [-0.2, -0.15) is 13.2 Å². The molecule has 0 bridgehead atoms. The quantitative estimate of drug-likeness (QED) is 0.109. The van der Waals surface area contributed by atoms with Gasteiger partial charge in [-0.25, -0.2) is 4.79 Å². The van der Waals surface area contributed by atoms with Crippen molar-refractivity contribution in [3.8, 4) is 0 Å². The number of hydrogen-bond donors (Lipinski definition) is 4. The van der Waals surface area contributed by atoms with Gasteiger partial charge in [0.2, 0.25) is 0 Å². The molecule has 0 saturated heterocycles. The molecule has 5 aromatic rings. The topological polar surface area (TPSA) is 112 Å². The van der Waals surface area contributed by atoms with E-state index in [0.717, 1.165) is 11.1 Å². The summed E-state index contributed by atoms with van der Waals surface area (Å²) in [4.78, 5) is 37.7. The van der Waals surface area contributed by atoms with Crippen LogP contribution in [-0.2, 0) is 17.8 Å². The summed E-state index contributed by atoms with van der Waals surface area (Å²) in [5, 5.41) is 18.2. The zero-order chi connectivity index (χ0) is 32.8. The van der Waals surface area contributed by atoms with E-state index in [9.17, 15) is 27.6 Å². The lowest BCUT2D eigenvalue weighted by atomic mass is 10.0. The van der Waals surface area contributed by atoms with Gasteiger partial charge in [0.25, 0.3) is 5.91 Å². The number of nitrogens with one attached hydrogen (secondary N) is 3. The molecule has 1 aromatic heterocycles. The number of fused-ring (bicyclic) bond motifs is 1. The first-order valence-electron chi connectivity index (χ1n) is 13.8. The van der Waals surface area contributed by atoms with Gasteiger partial charge in [0.15, 0.2) is 0 Å². The molecule has 0 aliphatic heterocycles. The number of hydrogen-bond acceptors (Lipinski definition) is 5. The van der Waals surface area contributed by atoms with E-state index in [0.29, 0.717) is 44.8 Å². The van der Waals surface area contributed by atoms with Gasteiger partial charge in [0.1, 0.15) is 0 Å².